The lowest BCUT2D eigenvalue weighted by molar-refractivity contribution is -0.385. The third-order valence-electron chi connectivity index (χ3n) is 13.4. The first-order chi connectivity index (χ1) is 28.4. The van der Waals surface area contributed by atoms with Crippen molar-refractivity contribution in [2.24, 2.45) is 5.92 Å². The zero-order valence-corrected chi connectivity index (χ0v) is 34.5. The molecule has 5 atom stereocenters. The Morgan fingerprint density at radius 1 is 0.983 bits per heavy atom. The first-order valence-corrected chi connectivity index (χ1v) is 23.3. The summed E-state index contributed by atoms with van der Waals surface area (Å²) < 4.78 is 12.6. The fraction of sp³-hybridized carbons (Fsp3) is 0.326. The Kier molecular flexibility index (Phi) is 9.45. The Labute approximate surface area is 343 Å². The van der Waals surface area contributed by atoms with Crippen molar-refractivity contribution in [2.75, 3.05) is 30.1 Å². The number of carbonyl (C=O) groups excluding carboxylic acids is 3. The van der Waals surface area contributed by atoms with Crippen LogP contribution in [0.1, 0.15) is 47.7 Å². The van der Waals surface area contributed by atoms with Crippen molar-refractivity contribution >= 4 is 64.5 Å². The maximum absolute atomic E-state index is 15.5. The zero-order chi connectivity index (χ0) is 41.4. The van der Waals surface area contributed by atoms with E-state index in [1.54, 1.807) is 27.9 Å². The molecule has 3 amide bonds. The average Bonchev–Trinajstić information content (AvgIpc) is 3.97. The quantitative estimate of drug-likeness (QED) is 0.0888. The van der Waals surface area contributed by atoms with Crippen molar-refractivity contribution in [1.82, 2.24) is 4.90 Å². The molecular formula is C46H46N4O8Si. The first kappa shape index (κ1) is 38.6. The van der Waals surface area contributed by atoms with Crippen LogP contribution in [-0.4, -0.2) is 73.1 Å². The molecule has 0 aliphatic carbocycles. The van der Waals surface area contributed by atoms with Gasteiger partial charge in [0.05, 0.1) is 68.8 Å². The molecule has 5 aromatic carbocycles. The topological polar surface area (TPSA) is 143 Å². The Morgan fingerprint density at radius 3 is 2.46 bits per heavy atom. The Balaban J connectivity index is 1.12. The normalized spacial score (nSPS) is 23.5. The number of aliphatic hydroxyl groups is 1. The van der Waals surface area contributed by atoms with Gasteiger partial charge in [-0.15, -0.1) is 0 Å². The van der Waals surface area contributed by atoms with Crippen molar-refractivity contribution in [1.29, 1.82) is 0 Å². The molecule has 2 saturated heterocycles. The van der Waals surface area contributed by atoms with E-state index in [9.17, 15) is 24.8 Å². The molecule has 5 aromatic rings. The van der Waals surface area contributed by atoms with E-state index in [1.807, 2.05) is 91.9 Å². The summed E-state index contributed by atoms with van der Waals surface area (Å²) in [6.45, 7) is 6.94. The van der Waals surface area contributed by atoms with E-state index in [-0.39, 0.29) is 54.6 Å². The van der Waals surface area contributed by atoms with Gasteiger partial charge >= 0.3 is 0 Å². The van der Waals surface area contributed by atoms with Crippen LogP contribution in [0.3, 0.4) is 0 Å². The van der Waals surface area contributed by atoms with Gasteiger partial charge < -0.3 is 24.4 Å². The molecule has 0 unspecified atom stereocenters. The number of aliphatic hydroxyl groups excluding tert-OH is 1. The molecule has 12 nitrogen and oxygen atoms in total. The highest BCUT2D eigenvalue weighted by molar-refractivity contribution is 6.91. The molecule has 0 aromatic heterocycles. The molecule has 4 aliphatic rings. The molecule has 302 valence electrons. The monoisotopic (exact) mass is 810 g/mol. The van der Waals surface area contributed by atoms with Crippen LogP contribution in [0.5, 0.6) is 5.75 Å². The summed E-state index contributed by atoms with van der Waals surface area (Å²) in [5.41, 5.74) is 1.66. The van der Waals surface area contributed by atoms with E-state index in [2.05, 4.69) is 13.1 Å². The summed E-state index contributed by atoms with van der Waals surface area (Å²) in [5, 5.41) is 25.4. The van der Waals surface area contributed by atoms with Crippen molar-refractivity contribution in [3.8, 4) is 5.75 Å². The highest BCUT2D eigenvalue weighted by Gasteiger charge is 2.67. The van der Waals surface area contributed by atoms with Gasteiger partial charge in [-0.1, -0.05) is 73.7 Å². The van der Waals surface area contributed by atoms with E-state index in [4.69, 9.17) is 9.47 Å². The van der Waals surface area contributed by atoms with Crippen LogP contribution < -0.4 is 19.7 Å². The van der Waals surface area contributed by atoms with Crippen LogP contribution in [0.2, 0.25) is 18.6 Å². The van der Waals surface area contributed by atoms with Gasteiger partial charge in [0.25, 0.3) is 17.5 Å². The lowest BCUT2D eigenvalue weighted by atomic mass is 9.82. The van der Waals surface area contributed by atoms with Gasteiger partial charge in [-0.3, -0.25) is 29.4 Å². The molecule has 4 aliphatic heterocycles. The summed E-state index contributed by atoms with van der Waals surface area (Å²) in [6, 6.07) is 31.2. The summed E-state index contributed by atoms with van der Waals surface area (Å²) in [7, 11) is -1.02. The predicted octanol–water partition coefficient (Wildman–Crippen LogP) is 7.18. The van der Waals surface area contributed by atoms with Crippen LogP contribution in [-0.2, 0) is 26.5 Å². The second kappa shape index (κ2) is 14.4. The van der Waals surface area contributed by atoms with Gasteiger partial charge in [0, 0.05) is 41.2 Å². The highest BCUT2D eigenvalue weighted by atomic mass is 28.3. The molecule has 0 bridgehead atoms. The summed E-state index contributed by atoms with van der Waals surface area (Å²) in [5.74, 6) is -0.418. The van der Waals surface area contributed by atoms with Crippen LogP contribution in [0, 0.1) is 16.0 Å². The number of nitro benzene ring substituents is 1. The van der Waals surface area contributed by atoms with Gasteiger partial charge in [-0.2, -0.15) is 0 Å². The first-order valence-electron chi connectivity index (χ1n) is 20.2. The second-order valence-electron chi connectivity index (χ2n) is 16.8. The van der Waals surface area contributed by atoms with E-state index in [0.29, 0.717) is 41.2 Å². The Hall–Kier alpha value is -5.89. The third-order valence-corrected chi connectivity index (χ3v) is 17.7. The molecular weight excluding hydrogens is 765 g/mol. The van der Waals surface area contributed by atoms with Crippen molar-refractivity contribution in [2.45, 2.75) is 69.1 Å². The largest absolute Gasteiger partial charge is 0.497 e. The molecule has 0 radical (unpaired) electrons. The number of amides is 3. The number of rotatable bonds is 10. The Morgan fingerprint density at radius 2 is 1.73 bits per heavy atom. The van der Waals surface area contributed by atoms with Crippen molar-refractivity contribution in [3.63, 3.8) is 0 Å². The van der Waals surface area contributed by atoms with E-state index in [0.717, 1.165) is 33.6 Å². The number of nitrogens with zero attached hydrogens (tertiary/aromatic N) is 4. The lowest BCUT2D eigenvalue weighted by Gasteiger charge is -2.37. The standard InChI is InChI=1S/C46H46N4O8Si/c1-28-43(59(3,4)35-19-17-34(57-2)18-20-35)40(25-41(52)47-22-8-13-33(47)27-51)58-46(28)37-24-32(50(55)56)16-21-38(37)48(45(46)54)26-29-9-5-12-31(23-29)49-39-15-7-11-30-10-6-14-36(42(30)39)44(49)53/h5-7,9-12,14-21,23-24,28,33,40,43,51H,8,13,22,25-27H2,1-4H3/t28-,33+,40+,43-,46+/m1/s1. The lowest BCUT2D eigenvalue weighted by Crippen LogP contribution is -2.52. The number of nitro groups is 1. The number of hydrogen-bond acceptors (Lipinski definition) is 8. The van der Waals surface area contributed by atoms with E-state index < -0.39 is 30.6 Å². The average molecular weight is 811 g/mol. The second-order valence-corrected chi connectivity index (χ2v) is 21.5. The summed E-state index contributed by atoms with van der Waals surface area (Å²) in [6.07, 6.45) is 0.798. The van der Waals surface area contributed by atoms with Crippen LogP contribution in [0.15, 0.2) is 103 Å². The molecule has 9 rings (SSSR count). The fourth-order valence-corrected chi connectivity index (χ4v) is 14.6. The molecule has 59 heavy (non-hydrogen) atoms. The number of fused-ring (bicyclic) bond motifs is 2. The number of hydrogen-bond donors (Lipinski definition) is 1. The smallest absolute Gasteiger partial charge is 0.269 e. The minimum absolute atomic E-state index is 0.00155. The number of non-ortho nitro benzene ring substituents is 1. The maximum Gasteiger partial charge on any atom is 0.269 e. The number of ether oxygens (including phenoxy) is 2. The SMILES string of the molecule is COc1ccc([Si](C)(C)[C@H]2[C@H](CC(=O)N3CCC[C@H]3CO)O[C@@]3(C(=O)N(Cc4cccc(N5C(=O)c6cccc7cccc5c67)c4)c4ccc([N+](=O)[O-])cc43)[C@@H]2C)cc1. The minimum atomic E-state index is -2.63. The van der Waals surface area contributed by atoms with Gasteiger partial charge in [0.15, 0.2) is 5.60 Å². The van der Waals surface area contributed by atoms with Crippen molar-refractivity contribution < 1.29 is 33.9 Å². The zero-order valence-electron chi connectivity index (χ0n) is 33.5. The minimum Gasteiger partial charge on any atom is -0.497 e. The molecule has 2 fully saturated rings. The van der Waals surface area contributed by atoms with Gasteiger partial charge in [-0.05, 0) is 71.8 Å². The number of carbonyl (C=O) groups is 3. The molecule has 0 saturated carbocycles. The summed E-state index contributed by atoms with van der Waals surface area (Å²) in [4.78, 5) is 60.4. The molecule has 4 heterocycles. The predicted molar refractivity (Wildman–Crippen MR) is 227 cm³/mol. The van der Waals surface area contributed by atoms with E-state index in [1.165, 1.54) is 12.1 Å². The maximum atomic E-state index is 15.5. The third kappa shape index (κ3) is 5.96. The van der Waals surface area contributed by atoms with Crippen LogP contribution in [0.25, 0.3) is 10.8 Å². The molecule has 13 heteroatoms. The number of likely N-dealkylation sites (tertiary alicyclic amines) is 1. The molecule has 1 N–H and O–H groups in total. The number of anilines is 3. The molecule has 1 spiro atoms. The van der Waals surface area contributed by atoms with Gasteiger partial charge in [0.1, 0.15) is 5.75 Å². The van der Waals surface area contributed by atoms with Crippen molar-refractivity contribution in [3.05, 3.63) is 130 Å². The Bertz CT molecular complexity index is 2540. The number of benzene rings is 5. The van der Waals surface area contributed by atoms with E-state index >= 15 is 4.79 Å². The fourth-order valence-electron chi connectivity index (χ4n) is 10.6. The van der Waals surface area contributed by atoms with Gasteiger partial charge in [-0.25, -0.2) is 0 Å². The highest BCUT2D eigenvalue weighted by Crippen LogP contribution is 2.60. The summed E-state index contributed by atoms with van der Waals surface area (Å²) >= 11 is 0. The van der Waals surface area contributed by atoms with Crippen LogP contribution in [0.4, 0.5) is 22.7 Å². The van der Waals surface area contributed by atoms with Gasteiger partial charge in [0.2, 0.25) is 5.91 Å². The number of methoxy groups -OCH3 is 1. The van der Waals surface area contributed by atoms with Crippen LogP contribution >= 0.6 is 0 Å².